The third kappa shape index (κ3) is 4.14. The van der Waals surface area contributed by atoms with Crippen LogP contribution in [0.4, 0.5) is 0 Å². The van der Waals surface area contributed by atoms with Crippen LogP contribution in [-0.2, 0) is 4.74 Å². The van der Waals surface area contributed by atoms with Crippen molar-refractivity contribution in [2.24, 2.45) is 0 Å². The quantitative estimate of drug-likeness (QED) is 0.352. The van der Waals surface area contributed by atoms with E-state index < -0.39 is 5.97 Å². The molecule has 154 valence electrons. The Kier molecular flexibility index (Phi) is 6.73. The highest BCUT2D eigenvalue weighted by atomic mass is 16.6. The molecule has 0 atom stereocenters. The fourth-order valence-electron chi connectivity index (χ4n) is 2.98. The molecule has 0 saturated heterocycles. The van der Waals surface area contributed by atoms with E-state index in [2.05, 4.69) is 16.8 Å². The second-order valence-electron chi connectivity index (χ2n) is 6.02. The summed E-state index contributed by atoms with van der Waals surface area (Å²) in [6.45, 7) is 0.232. The molecule has 0 radical (unpaired) electrons. The largest absolute Gasteiger partial charge is 0.491 e. The highest BCUT2D eigenvalue weighted by molar-refractivity contribution is 6.04. The summed E-state index contributed by atoms with van der Waals surface area (Å²) in [5, 5.41) is 0.685. The maximum atomic E-state index is 13.0. The molecule has 0 aliphatic heterocycles. The van der Waals surface area contributed by atoms with Crippen LogP contribution in [0.25, 0.3) is 10.9 Å². The molecule has 0 bridgehead atoms. The number of fused-ring (bicyclic) bond motifs is 1. The fraction of sp³-hybridized carbons (Fsp3) is 0.217. The van der Waals surface area contributed by atoms with Gasteiger partial charge in [-0.15, -0.1) is 0 Å². The molecule has 7 heteroatoms. The van der Waals surface area contributed by atoms with Crippen LogP contribution in [0.1, 0.15) is 15.9 Å². The van der Waals surface area contributed by atoms with Crippen molar-refractivity contribution in [2.75, 3.05) is 35.0 Å². The minimum absolute atomic E-state index is 0.155. The second-order valence-corrected chi connectivity index (χ2v) is 6.02. The summed E-state index contributed by atoms with van der Waals surface area (Å²) in [4.78, 5) is 17.3. The van der Waals surface area contributed by atoms with Gasteiger partial charge in [-0.05, 0) is 12.1 Å². The number of rotatable bonds is 6. The monoisotopic (exact) mass is 407 g/mol. The summed E-state index contributed by atoms with van der Waals surface area (Å²) >= 11 is 0. The number of nitrogens with zero attached hydrogens (tertiary/aromatic N) is 1. The van der Waals surface area contributed by atoms with Crippen LogP contribution < -0.4 is 18.9 Å². The number of carbonyl (C=O) groups is 1. The van der Waals surface area contributed by atoms with Crippen LogP contribution in [0.15, 0.2) is 42.6 Å². The van der Waals surface area contributed by atoms with Gasteiger partial charge in [-0.3, -0.25) is 4.98 Å². The molecular formula is C23H21NO6. The first-order valence-corrected chi connectivity index (χ1v) is 9.01. The average molecular weight is 407 g/mol. The van der Waals surface area contributed by atoms with E-state index >= 15 is 0 Å². The Morgan fingerprint density at radius 2 is 1.70 bits per heavy atom. The minimum Gasteiger partial charge on any atom is -0.491 e. The highest BCUT2D eigenvalue weighted by Crippen LogP contribution is 2.46. The fourth-order valence-corrected chi connectivity index (χ4v) is 2.98. The summed E-state index contributed by atoms with van der Waals surface area (Å²) in [6.07, 6.45) is 1.56. The van der Waals surface area contributed by atoms with Gasteiger partial charge >= 0.3 is 5.97 Å². The lowest BCUT2D eigenvalue weighted by molar-refractivity contribution is 0.0730. The smallest absolute Gasteiger partial charge is 0.344 e. The number of benzene rings is 2. The Morgan fingerprint density at radius 1 is 0.967 bits per heavy atom. The average Bonchev–Trinajstić information content (AvgIpc) is 2.78. The first-order chi connectivity index (χ1) is 14.6. The SMILES string of the molecule is COCC#Cc1cc(OC(=O)c2ccnc3ccccc23)c(OC)c(OC)c1OC. The normalized spacial score (nSPS) is 10.1. The summed E-state index contributed by atoms with van der Waals surface area (Å²) in [6, 6.07) is 10.5. The number of ether oxygens (including phenoxy) is 5. The lowest BCUT2D eigenvalue weighted by Gasteiger charge is -2.17. The first-order valence-electron chi connectivity index (χ1n) is 9.01. The third-order valence-electron chi connectivity index (χ3n) is 4.28. The van der Waals surface area contributed by atoms with E-state index in [0.717, 1.165) is 0 Å². The third-order valence-corrected chi connectivity index (χ3v) is 4.28. The van der Waals surface area contributed by atoms with Crippen LogP contribution in [-0.4, -0.2) is 46.0 Å². The highest BCUT2D eigenvalue weighted by Gasteiger charge is 2.24. The lowest BCUT2D eigenvalue weighted by Crippen LogP contribution is -2.11. The Hall–Kier alpha value is -3.76. The molecule has 0 amide bonds. The summed E-state index contributed by atoms with van der Waals surface area (Å²) in [5.41, 5.74) is 1.54. The predicted octanol–water partition coefficient (Wildman–Crippen LogP) is 3.48. The van der Waals surface area contributed by atoms with Gasteiger partial charge in [0, 0.05) is 24.8 Å². The molecule has 0 saturated carbocycles. The zero-order chi connectivity index (χ0) is 21.5. The zero-order valence-corrected chi connectivity index (χ0v) is 17.1. The van der Waals surface area contributed by atoms with Gasteiger partial charge in [-0.25, -0.2) is 4.79 Å². The molecule has 0 N–H and O–H groups in total. The van der Waals surface area contributed by atoms with Crippen molar-refractivity contribution >= 4 is 16.9 Å². The molecular weight excluding hydrogens is 386 g/mol. The van der Waals surface area contributed by atoms with Crippen molar-refractivity contribution in [3.8, 4) is 34.8 Å². The van der Waals surface area contributed by atoms with Crippen molar-refractivity contribution in [1.82, 2.24) is 4.98 Å². The van der Waals surface area contributed by atoms with E-state index in [1.807, 2.05) is 24.3 Å². The van der Waals surface area contributed by atoms with E-state index in [4.69, 9.17) is 23.7 Å². The van der Waals surface area contributed by atoms with Gasteiger partial charge in [0.25, 0.3) is 0 Å². The Labute approximate surface area is 174 Å². The number of carbonyl (C=O) groups excluding carboxylic acids is 1. The maximum absolute atomic E-state index is 13.0. The molecule has 0 aliphatic rings. The molecule has 3 rings (SSSR count). The van der Waals surface area contributed by atoms with Crippen LogP contribution in [0.2, 0.25) is 0 Å². The molecule has 0 fully saturated rings. The molecule has 0 unspecified atom stereocenters. The van der Waals surface area contributed by atoms with Gasteiger partial charge in [-0.2, -0.15) is 0 Å². The number of para-hydroxylation sites is 1. The van der Waals surface area contributed by atoms with Crippen molar-refractivity contribution in [3.05, 3.63) is 53.7 Å². The van der Waals surface area contributed by atoms with Crippen molar-refractivity contribution in [3.63, 3.8) is 0 Å². The maximum Gasteiger partial charge on any atom is 0.344 e. The number of hydrogen-bond donors (Lipinski definition) is 0. The Bertz CT molecular complexity index is 1120. The number of pyridine rings is 1. The van der Waals surface area contributed by atoms with Gasteiger partial charge in [0.2, 0.25) is 11.5 Å². The van der Waals surface area contributed by atoms with Crippen LogP contribution in [0.3, 0.4) is 0 Å². The topological polar surface area (TPSA) is 76.1 Å². The van der Waals surface area contributed by atoms with E-state index in [1.165, 1.54) is 21.3 Å². The van der Waals surface area contributed by atoms with Gasteiger partial charge in [0.1, 0.15) is 6.61 Å². The molecule has 30 heavy (non-hydrogen) atoms. The van der Waals surface area contributed by atoms with E-state index in [9.17, 15) is 4.79 Å². The molecule has 1 heterocycles. The molecule has 1 aromatic heterocycles. The summed E-state index contributed by atoms with van der Waals surface area (Å²) in [7, 11) is 5.96. The number of hydrogen-bond acceptors (Lipinski definition) is 7. The van der Waals surface area contributed by atoms with E-state index in [1.54, 1.807) is 25.4 Å². The second kappa shape index (κ2) is 9.63. The van der Waals surface area contributed by atoms with Crippen LogP contribution >= 0.6 is 0 Å². The zero-order valence-electron chi connectivity index (χ0n) is 17.1. The predicted molar refractivity (Wildman–Crippen MR) is 112 cm³/mol. The summed E-state index contributed by atoms with van der Waals surface area (Å²) in [5.74, 6) is 6.24. The molecule has 3 aromatic rings. The standard InChI is InChI=1S/C23H21NO6/c1-26-13-7-8-15-14-19(21(28-3)22(29-4)20(15)27-2)30-23(25)17-11-12-24-18-10-6-5-9-16(17)18/h5-6,9-12,14H,13H2,1-4H3. The number of aromatic nitrogens is 1. The number of methoxy groups -OCH3 is 4. The minimum atomic E-state index is -0.560. The van der Waals surface area contributed by atoms with Crippen molar-refractivity contribution in [2.45, 2.75) is 0 Å². The Balaban J connectivity index is 2.09. The lowest BCUT2D eigenvalue weighted by atomic mass is 10.1. The van der Waals surface area contributed by atoms with E-state index in [0.29, 0.717) is 27.8 Å². The van der Waals surface area contributed by atoms with Gasteiger partial charge < -0.3 is 23.7 Å². The van der Waals surface area contributed by atoms with Crippen LogP contribution in [0, 0.1) is 11.8 Å². The van der Waals surface area contributed by atoms with Gasteiger partial charge in [0.15, 0.2) is 11.5 Å². The summed E-state index contributed by atoms with van der Waals surface area (Å²) < 4.78 is 27.0. The Morgan fingerprint density at radius 3 is 2.40 bits per heavy atom. The van der Waals surface area contributed by atoms with Crippen LogP contribution in [0.5, 0.6) is 23.0 Å². The molecule has 0 spiro atoms. The number of esters is 1. The molecule has 0 aliphatic carbocycles. The van der Waals surface area contributed by atoms with Crippen molar-refractivity contribution in [1.29, 1.82) is 0 Å². The van der Waals surface area contributed by atoms with Gasteiger partial charge in [0.05, 0.1) is 38.0 Å². The molecule has 2 aromatic carbocycles. The molecule has 7 nitrogen and oxygen atoms in total. The van der Waals surface area contributed by atoms with Crippen molar-refractivity contribution < 1.29 is 28.5 Å². The van der Waals surface area contributed by atoms with E-state index in [-0.39, 0.29) is 23.9 Å². The first kappa shape index (κ1) is 21.0. The van der Waals surface area contributed by atoms with Gasteiger partial charge in [-0.1, -0.05) is 30.0 Å².